The van der Waals surface area contributed by atoms with E-state index in [1.807, 2.05) is 20.8 Å². The van der Waals surface area contributed by atoms with Gasteiger partial charge in [-0.05, 0) is 43.9 Å². The van der Waals surface area contributed by atoms with Crippen LogP contribution in [0.3, 0.4) is 0 Å². The van der Waals surface area contributed by atoms with Crippen LogP contribution < -0.4 is 0 Å². The second-order valence-electron chi connectivity index (χ2n) is 8.53. The number of carboxylic acids is 2. The van der Waals surface area contributed by atoms with Crippen LogP contribution in [0.15, 0.2) is 0 Å². The first-order valence-corrected chi connectivity index (χ1v) is 8.19. The molecule has 0 radical (unpaired) electrons. The molecule has 0 aliphatic rings. The number of carbonyl (C=O) groups is 2. The number of carboxylic acid groups (broad SMARTS) is 2. The zero-order valence-corrected chi connectivity index (χ0v) is 15.5. The Morgan fingerprint density at radius 2 is 1.36 bits per heavy atom. The normalized spacial score (nSPS) is 20.5. The van der Waals surface area contributed by atoms with E-state index in [9.17, 15) is 19.8 Å². The highest BCUT2D eigenvalue weighted by Crippen LogP contribution is 2.52. The molecule has 0 spiro atoms. The largest absolute Gasteiger partial charge is 0.481 e. The lowest BCUT2D eigenvalue weighted by Crippen LogP contribution is -2.54. The van der Waals surface area contributed by atoms with Gasteiger partial charge in [0.05, 0.1) is 10.8 Å². The van der Waals surface area contributed by atoms with Crippen LogP contribution in [-0.4, -0.2) is 22.2 Å². The van der Waals surface area contributed by atoms with Crippen LogP contribution >= 0.6 is 0 Å². The summed E-state index contributed by atoms with van der Waals surface area (Å²) in [7, 11) is 0. The zero-order valence-electron chi connectivity index (χ0n) is 15.5. The molecule has 0 amide bonds. The summed E-state index contributed by atoms with van der Waals surface area (Å²) in [6.45, 7) is 15.2. The number of aliphatic carboxylic acids is 2. The fourth-order valence-corrected chi connectivity index (χ4v) is 3.48. The fraction of sp³-hybridized carbons (Fsp3) is 0.889. The van der Waals surface area contributed by atoms with E-state index in [1.54, 1.807) is 13.8 Å². The lowest BCUT2D eigenvalue weighted by atomic mass is 9.54. The van der Waals surface area contributed by atoms with E-state index in [4.69, 9.17) is 0 Å². The summed E-state index contributed by atoms with van der Waals surface area (Å²) < 4.78 is 0. The molecule has 0 aromatic carbocycles. The first-order chi connectivity index (χ1) is 9.72. The van der Waals surface area contributed by atoms with Crippen LogP contribution in [0.4, 0.5) is 0 Å². The Morgan fingerprint density at radius 3 is 1.64 bits per heavy atom. The number of hydrogen-bond donors (Lipinski definition) is 2. The molecule has 2 N–H and O–H groups in total. The number of rotatable bonds is 8. The van der Waals surface area contributed by atoms with E-state index in [1.165, 1.54) is 0 Å². The molecule has 0 saturated carbocycles. The van der Waals surface area contributed by atoms with Gasteiger partial charge in [-0.1, -0.05) is 48.0 Å². The summed E-state index contributed by atoms with van der Waals surface area (Å²) >= 11 is 0. The predicted octanol–water partition coefficient (Wildman–Crippen LogP) is 4.68. The third-order valence-corrected chi connectivity index (χ3v) is 5.42. The molecule has 130 valence electrons. The van der Waals surface area contributed by atoms with Crippen molar-refractivity contribution in [3.63, 3.8) is 0 Å². The minimum absolute atomic E-state index is 0.0497. The minimum Gasteiger partial charge on any atom is -0.481 e. The molecule has 4 heteroatoms. The summed E-state index contributed by atoms with van der Waals surface area (Å²) in [6, 6.07) is 0. The fourth-order valence-electron chi connectivity index (χ4n) is 3.48. The summed E-state index contributed by atoms with van der Waals surface area (Å²) in [4.78, 5) is 24.1. The minimum atomic E-state index is -1.31. The second-order valence-corrected chi connectivity index (χ2v) is 8.53. The Hall–Kier alpha value is -1.06. The van der Waals surface area contributed by atoms with Gasteiger partial charge in [0.15, 0.2) is 0 Å². The topological polar surface area (TPSA) is 74.6 Å². The van der Waals surface area contributed by atoms with Crippen LogP contribution in [0.25, 0.3) is 0 Å². The molecule has 4 unspecified atom stereocenters. The Balaban J connectivity index is 5.93. The molecule has 0 bridgehead atoms. The molecular weight excluding hydrogens is 280 g/mol. The number of hydrogen-bond acceptors (Lipinski definition) is 2. The van der Waals surface area contributed by atoms with E-state index in [0.717, 1.165) is 6.42 Å². The molecule has 0 aromatic heterocycles. The van der Waals surface area contributed by atoms with Crippen molar-refractivity contribution >= 4 is 11.9 Å². The SMILES string of the molecule is CCC(C)CC(C)(C(=O)O)C(C)(C(=O)O)C(C)CC(C)(C)C. The van der Waals surface area contributed by atoms with Crippen molar-refractivity contribution in [2.75, 3.05) is 0 Å². The maximum atomic E-state index is 12.1. The van der Waals surface area contributed by atoms with Gasteiger partial charge in [0, 0.05) is 0 Å². The summed E-state index contributed by atoms with van der Waals surface area (Å²) in [6.07, 6.45) is 1.88. The molecule has 0 aliphatic heterocycles. The molecular formula is C18H34O4. The van der Waals surface area contributed by atoms with E-state index in [2.05, 4.69) is 20.8 Å². The highest BCUT2D eigenvalue weighted by atomic mass is 16.4. The highest BCUT2D eigenvalue weighted by Gasteiger charge is 2.58. The van der Waals surface area contributed by atoms with Crippen molar-refractivity contribution in [1.82, 2.24) is 0 Å². The quantitative estimate of drug-likeness (QED) is 0.682. The average Bonchev–Trinajstić information content (AvgIpc) is 2.34. The van der Waals surface area contributed by atoms with E-state index < -0.39 is 22.8 Å². The van der Waals surface area contributed by atoms with Crippen LogP contribution in [-0.2, 0) is 9.59 Å². The monoisotopic (exact) mass is 314 g/mol. The van der Waals surface area contributed by atoms with Gasteiger partial charge >= 0.3 is 11.9 Å². The van der Waals surface area contributed by atoms with Gasteiger partial charge < -0.3 is 10.2 Å². The lowest BCUT2D eigenvalue weighted by Gasteiger charge is -2.46. The van der Waals surface area contributed by atoms with Crippen molar-refractivity contribution in [3.05, 3.63) is 0 Å². The first-order valence-electron chi connectivity index (χ1n) is 8.19. The van der Waals surface area contributed by atoms with E-state index in [0.29, 0.717) is 12.8 Å². The van der Waals surface area contributed by atoms with Crippen LogP contribution in [0, 0.1) is 28.1 Å². The molecule has 22 heavy (non-hydrogen) atoms. The molecule has 4 atom stereocenters. The molecule has 0 saturated heterocycles. The molecule has 0 rings (SSSR count). The first kappa shape index (κ1) is 20.9. The Morgan fingerprint density at radius 1 is 0.909 bits per heavy atom. The van der Waals surface area contributed by atoms with Crippen LogP contribution in [0.1, 0.15) is 74.7 Å². The van der Waals surface area contributed by atoms with Gasteiger partial charge in [0.1, 0.15) is 0 Å². The van der Waals surface area contributed by atoms with Gasteiger partial charge in [-0.15, -0.1) is 0 Å². The Bertz CT molecular complexity index is 410. The molecule has 4 nitrogen and oxygen atoms in total. The smallest absolute Gasteiger partial charge is 0.310 e. The third kappa shape index (κ3) is 4.23. The van der Waals surface area contributed by atoms with Crippen LogP contribution in [0.5, 0.6) is 0 Å². The van der Waals surface area contributed by atoms with E-state index in [-0.39, 0.29) is 17.3 Å². The Labute approximate surface area is 135 Å². The summed E-state index contributed by atoms with van der Waals surface area (Å²) in [5, 5.41) is 19.8. The molecule has 0 aromatic rings. The summed E-state index contributed by atoms with van der Waals surface area (Å²) in [5.41, 5.74) is -2.65. The van der Waals surface area contributed by atoms with Gasteiger partial charge in [0.25, 0.3) is 0 Å². The maximum absolute atomic E-state index is 12.1. The van der Waals surface area contributed by atoms with Gasteiger partial charge in [-0.3, -0.25) is 9.59 Å². The van der Waals surface area contributed by atoms with Gasteiger partial charge in [-0.25, -0.2) is 0 Å². The standard InChI is InChI=1S/C18H34O4/c1-9-12(2)10-17(7,14(19)20)18(8,15(21)22)13(3)11-16(4,5)6/h12-13H,9-11H2,1-8H3,(H,19,20)(H,21,22). The average molecular weight is 314 g/mol. The van der Waals surface area contributed by atoms with Crippen LogP contribution in [0.2, 0.25) is 0 Å². The van der Waals surface area contributed by atoms with Crippen molar-refractivity contribution in [1.29, 1.82) is 0 Å². The zero-order chi connectivity index (χ0) is 17.9. The van der Waals surface area contributed by atoms with Crippen molar-refractivity contribution in [3.8, 4) is 0 Å². The second kappa shape index (κ2) is 7.01. The molecule has 0 fully saturated rings. The Kier molecular flexibility index (Phi) is 6.67. The van der Waals surface area contributed by atoms with Gasteiger partial charge in [0.2, 0.25) is 0 Å². The van der Waals surface area contributed by atoms with Crippen molar-refractivity contribution in [2.24, 2.45) is 28.1 Å². The van der Waals surface area contributed by atoms with Gasteiger partial charge in [-0.2, -0.15) is 0 Å². The maximum Gasteiger partial charge on any atom is 0.310 e. The summed E-state index contributed by atoms with van der Waals surface area (Å²) in [5.74, 6) is -2.10. The third-order valence-electron chi connectivity index (χ3n) is 5.42. The molecule has 0 heterocycles. The van der Waals surface area contributed by atoms with E-state index >= 15 is 0 Å². The molecule has 0 aliphatic carbocycles. The van der Waals surface area contributed by atoms with Crippen molar-refractivity contribution < 1.29 is 19.8 Å². The predicted molar refractivity (Wildman–Crippen MR) is 88.8 cm³/mol. The van der Waals surface area contributed by atoms with Crippen molar-refractivity contribution in [2.45, 2.75) is 74.7 Å². The lowest BCUT2D eigenvalue weighted by molar-refractivity contribution is -0.179. The highest BCUT2D eigenvalue weighted by molar-refractivity contribution is 5.86.